The van der Waals surface area contributed by atoms with E-state index in [0.717, 1.165) is 39.1 Å². The smallest absolute Gasteiger partial charge is 0.256 e. The molecule has 19 heavy (non-hydrogen) atoms. The Bertz CT molecular complexity index is 578. The number of amides is 1. The van der Waals surface area contributed by atoms with E-state index in [1.807, 2.05) is 6.07 Å². The van der Waals surface area contributed by atoms with E-state index in [4.69, 9.17) is 0 Å². The minimum Gasteiger partial charge on any atom is -0.323 e. The van der Waals surface area contributed by atoms with Gasteiger partial charge in [-0.25, -0.2) is 0 Å². The number of hydrogen-bond donors (Lipinski definition) is 0. The monoisotopic (exact) mass is 339 g/mol. The Morgan fingerprint density at radius 1 is 1.42 bits per heavy atom. The van der Waals surface area contributed by atoms with Gasteiger partial charge in [0.2, 0.25) is 0 Å². The molecule has 3 nitrogen and oxygen atoms in total. The quantitative estimate of drug-likeness (QED) is 0.579. The fraction of sp³-hybridized carbons (Fsp3) is 0.429. The Hall–Kier alpha value is -0.940. The zero-order valence-corrected chi connectivity index (χ0v) is 12.8. The molecule has 0 aromatic carbocycles. The third kappa shape index (κ3) is 2.30. The molecule has 1 saturated carbocycles. The number of ketones is 1. The van der Waals surface area contributed by atoms with Crippen LogP contribution in [0.5, 0.6) is 0 Å². The van der Waals surface area contributed by atoms with Crippen molar-refractivity contribution in [2.75, 3.05) is 0 Å². The molecule has 1 aliphatic carbocycles. The van der Waals surface area contributed by atoms with Crippen LogP contribution in [0.4, 0.5) is 0 Å². The summed E-state index contributed by atoms with van der Waals surface area (Å²) in [4.78, 5) is 27.4. The summed E-state index contributed by atoms with van der Waals surface area (Å²) in [6.07, 6.45) is 3.03. The first kappa shape index (κ1) is 13.1. The Morgan fingerprint density at radius 3 is 2.95 bits per heavy atom. The fourth-order valence-corrected chi connectivity index (χ4v) is 4.50. The third-order valence-corrected chi connectivity index (χ3v) is 5.39. The van der Waals surface area contributed by atoms with Gasteiger partial charge >= 0.3 is 0 Å². The molecule has 0 N–H and O–H groups in total. The number of nitrogens with zero attached hydrogens (tertiary/aromatic N) is 1. The average molecular weight is 340 g/mol. The number of halogens is 1. The molecule has 1 aromatic rings. The van der Waals surface area contributed by atoms with E-state index >= 15 is 0 Å². The molecule has 1 aromatic heterocycles. The Labute approximate surface area is 124 Å². The van der Waals surface area contributed by atoms with E-state index < -0.39 is 0 Å². The predicted molar refractivity (Wildman–Crippen MR) is 78.3 cm³/mol. The van der Waals surface area contributed by atoms with Crippen LogP contribution in [-0.4, -0.2) is 22.6 Å². The van der Waals surface area contributed by atoms with E-state index in [1.165, 1.54) is 0 Å². The minimum absolute atomic E-state index is 0.00260. The van der Waals surface area contributed by atoms with Crippen molar-refractivity contribution >= 4 is 39.0 Å². The maximum absolute atomic E-state index is 12.4. The summed E-state index contributed by atoms with van der Waals surface area (Å²) in [5.41, 5.74) is 1.75. The number of hydrogen-bond acceptors (Lipinski definition) is 3. The molecular formula is C14H14BrNO2S. The van der Waals surface area contributed by atoms with Crippen LogP contribution in [0, 0.1) is 0 Å². The SMILES string of the molecule is C=C1CCC[C@H](N2Cc3sc(Br)cc3C2=O)C(=O)C1. The van der Waals surface area contributed by atoms with E-state index in [-0.39, 0.29) is 17.7 Å². The van der Waals surface area contributed by atoms with Crippen molar-refractivity contribution in [3.8, 4) is 0 Å². The first-order valence-corrected chi connectivity index (χ1v) is 7.96. The summed E-state index contributed by atoms with van der Waals surface area (Å²) >= 11 is 4.98. The van der Waals surface area contributed by atoms with Crippen LogP contribution >= 0.6 is 27.3 Å². The standard InChI is InChI=1S/C14H14BrNO2S/c1-8-3-2-4-10(11(17)5-8)16-7-12-9(14(16)18)6-13(15)19-12/h6,10H,1-5,7H2/t10-/m0/s1. The van der Waals surface area contributed by atoms with Crippen LogP contribution in [0.25, 0.3) is 0 Å². The number of fused-ring (bicyclic) bond motifs is 1. The topological polar surface area (TPSA) is 37.4 Å². The second kappa shape index (κ2) is 4.87. The molecule has 1 amide bonds. The van der Waals surface area contributed by atoms with E-state index in [2.05, 4.69) is 22.5 Å². The number of rotatable bonds is 1. The van der Waals surface area contributed by atoms with Gasteiger partial charge in [0.1, 0.15) is 0 Å². The highest BCUT2D eigenvalue weighted by atomic mass is 79.9. The molecule has 100 valence electrons. The van der Waals surface area contributed by atoms with Gasteiger partial charge in [-0.1, -0.05) is 12.2 Å². The van der Waals surface area contributed by atoms with Crippen molar-refractivity contribution in [1.29, 1.82) is 0 Å². The van der Waals surface area contributed by atoms with Gasteiger partial charge in [-0.15, -0.1) is 11.3 Å². The van der Waals surface area contributed by atoms with E-state index in [0.29, 0.717) is 13.0 Å². The van der Waals surface area contributed by atoms with Crippen molar-refractivity contribution in [3.05, 3.63) is 32.4 Å². The van der Waals surface area contributed by atoms with Crippen LogP contribution in [0.3, 0.4) is 0 Å². The molecule has 0 unspecified atom stereocenters. The van der Waals surface area contributed by atoms with Gasteiger partial charge in [0.05, 0.1) is 21.9 Å². The normalized spacial score (nSPS) is 23.7. The maximum Gasteiger partial charge on any atom is 0.256 e. The fourth-order valence-electron chi connectivity index (χ4n) is 2.82. The van der Waals surface area contributed by atoms with Crippen molar-refractivity contribution in [2.24, 2.45) is 0 Å². The van der Waals surface area contributed by atoms with Crippen molar-refractivity contribution < 1.29 is 9.59 Å². The molecule has 0 saturated heterocycles. The van der Waals surface area contributed by atoms with Crippen LogP contribution in [0.1, 0.15) is 40.9 Å². The van der Waals surface area contributed by atoms with Gasteiger partial charge in [0.25, 0.3) is 5.91 Å². The van der Waals surface area contributed by atoms with Crippen LogP contribution < -0.4 is 0 Å². The molecular weight excluding hydrogens is 326 g/mol. The molecule has 0 radical (unpaired) electrons. The minimum atomic E-state index is -0.259. The van der Waals surface area contributed by atoms with Gasteiger partial charge in [0.15, 0.2) is 5.78 Å². The van der Waals surface area contributed by atoms with Gasteiger partial charge in [-0.2, -0.15) is 0 Å². The lowest BCUT2D eigenvalue weighted by atomic mass is 10.1. The average Bonchev–Trinajstić information content (AvgIpc) is 2.77. The molecule has 2 aliphatic rings. The molecule has 1 atom stereocenters. The van der Waals surface area contributed by atoms with Crippen LogP contribution in [0.2, 0.25) is 0 Å². The van der Waals surface area contributed by atoms with Gasteiger partial charge < -0.3 is 4.90 Å². The second-order valence-electron chi connectivity index (χ2n) is 5.12. The van der Waals surface area contributed by atoms with Gasteiger partial charge in [-0.3, -0.25) is 9.59 Å². The molecule has 0 spiro atoms. The number of Topliss-reactive ketones (excluding diaryl/α,β-unsaturated/α-hetero) is 1. The Balaban J connectivity index is 1.84. The highest BCUT2D eigenvalue weighted by Crippen LogP contribution is 2.36. The summed E-state index contributed by atoms with van der Waals surface area (Å²) in [7, 11) is 0. The zero-order chi connectivity index (χ0) is 13.6. The number of carbonyl (C=O) groups is 2. The van der Waals surface area contributed by atoms with Gasteiger partial charge in [0, 0.05) is 11.3 Å². The maximum atomic E-state index is 12.4. The molecule has 0 bridgehead atoms. The summed E-state index contributed by atoms with van der Waals surface area (Å²) < 4.78 is 0.978. The van der Waals surface area contributed by atoms with Crippen LogP contribution in [0.15, 0.2) is 22.0 Å². The first-order valence-electron chi connectivity index (χ1n) is 6.35. The first-order chi connectivity index (χ1) is 9.06. The summed E-state index contributed by atoms with van der Waals surface area (Å²) in [6.45, 7) is 4.49. The highest BCUT2D eigenvalue weighted by molar-refractivity contribution is 9.11. The number of thiophene rings is 1. The summed E-state index contributed by atoms with van der Waals surface area (Å²) in [6, 6.07) is 1.60. The summed E-state index contributed by atoms with van der Waals surface area (Å²) in [5.74, 6) is 0.146. The molecule has 5 heteroatoms. The van der Waals surface area contributed by atoms with E-state index in [9.17, 15) is 9.59 Å². The predicted octanol–water partition coefficient (Wildman–Crippen LogP) is 3.53. The summed E-state index contributed by atoms with van der Waals surface area (Å²) in [5, 5.41) is 0. The lowest BCUT2D eigenvalue weighted by molar-refractivity contribution is -0.122. The number of carbonyl (C=O) groups excluding carboxylic acids is 2. The second-order valence-corrected chi connectivity index (χ2v) is 7.64. The van der Waals surface area contributed by atoms with E-state index in [1.54, 1.807) is 16.2 Å². The Kier molecular flexibility index (Phi) is 3.35. The lowest BCUT2D eigenvalue weighted by Gasteiger charge is -2.25. The van der Waals surface area contributed by atoms with Crippen molar-refractivity contribution in [2.45, 2.75) is 38.3 Å². The van der Waals surface area contributed by atoms with Crippen molar-refractivity contribution in [3.63, 3.8) is 0 Å². The molecule has 3 rings (SSSR count). The lowest BCUT2D eigenvalue weighted by Crippen LogP contribution is -2.40. The number of allylic oxidation sites excluding steroid dienone is 1. The largest absolute Gasteiger partial charge is 0.323 e. The van der Waals surface area contributed by atoms with Crippen molar-refractivity contribution in [1.82, 2.24) is 4.90 Å². The molecule has 1 fully saturated rings. The van der Waals surface area contributed by atoms with Gasteiger partial charge in [-0.05, 0) is 41.3 Å². The Morgan fingerprint density at radius 2 is 2.21 bits per heavy atom. The third-order valence-electron chi connectivity index (χ3n) is 3.76. The molecule has 1 aliphatic heterocycles. The zero-order valence-electron chi connectivity index (χ0n) is 10.4. The molecule has 2 heterocycles. The van der Waals surface area contributed by atoms with Crippen LogP contribution in [-0.2, 0) is 11.3 Å². The highest BCUT2D eigenvalue weighted by Gasteiger charge is 2.38.